The van der Waals surface area contributed by atoms with Crippen molar-refractivity contribution in [3.63, 3.8) is 0 Å². The van der Waals surface area contributed by atoms with Gasteiger partial charge in [0.05, 0.1) is 29.2 Å². The first-order chi connectivity index (χ1) is 19.6. The fourth-order valence-electron chi connectivity index (χ4n) is 6.50. The first-order valence-corrected chi connectivity index (χ1v) is 16.0. The third kappa shape index (κ3) is 4.88. The summed E-state index contributed by atoms with van der Waals surface area (Å²) in [6, 6.07) is 12.1. The van der Waals surface area contributed by atoms with Crippen molar-refractivity contribution in [1.82, 2.24) is 5.16 Å². The minimum Gasteiger partial charge on any atom is -0.373 e. The molecule has 3 atom stereocenters. The lowest BCUT2D eigenvalue weighted by atomic mass is 10.00. The lowest BCUT2D eigenvalue weighted by Crippen LogP contribution is -2.39. The number of hydrogen-bond donors (Lipinski definition) is 0. The van der Waals surface area contributed by atoms with Crippen LogP contribution in [0.4, 0.5) is 14.5 Å². The van der Waals surface area contributed by atoms with Gasteiger partial charge in [-0.15, -0.1) is 0 Å². The maximum Gasteiger partial charge on any atom is 0.180 e. The van der Waals surface area contributed by atoms with Gasteiger partial charge in [-0.25, -0.2) is 17.2 Å². The van der Waals surface area contributed by atoms with Gasteiger partial charge >= 0.3 is 0 Å². The maximum absolute atomic E-state index is 15.2. The van der Waals surface area contributed by atoms with Gasteiger partial charge in [0, 0.05) is 29.6 Å². The van der Waals surface area contributed by atoms with E-state index in [2.05, 4.69) is 5.16 Å². The van der Waals surface area contributed by atoms with E-state index in [1.54, 1.807) is 6.07 Å². The highest BCUT2D eigenvalue weighted by Crippen LogP contribution is 2.52. The number of ketones is 1. The van der Waals surface area contributed by atoms with Gasteiger partial charge in [0.15, 0.2) is 27.0 Å². The number of nitrogens with zero attached hydrogens (tertiary/aromatic N) is 2. The van der Waals surface area contributed by atoms with E-state index in [1.165, 1.54) is 6.07 Å². The Hall–Kier alpha value is -3.11. The van der Waals surface area contributed by atoms with Crippen molar-refractivity contribution in [2.75, 3.05) is 17.2 Å². The van der Waals surface area contributed by atoms with Crippen LogP contribution in [0.25, 0.3) is 11.3 Å². The number of Topliss-reactive ketones (excluding diaryl/α,β-unsaturated/α-hetero) is 1. The molecule has 1 saturated heterocycles. The first-order valence-electron chi connectivity index (χ1n) is 14.3. The number of benzene rings is 2. The van der Waals surface area contributed by atoms with Crippen LogP contribution in [0, 0.1) is 18.7 Å². The van der Waals surface area contributed by atoms with Gasteiger partial charge in [-0.05, 0) is 69.2 Å². The largest absolute Gasteiger partial charge is 0.373 e. The third-order valence-electron chi connectivity index (χ3n) is 9.15. The van der Waals surface area contributed by atoms with E-state index in [-0.39, 0.29) is 36.0 Å². The van der Waals surface area contributed by atoms with Crippen LogP contribution in [-0.2, 0) is 26.8 Å². The molecule has 216 valence electrons. The molecule has 0 N–H and O–H groups in total. The zero-order chi connectivity index (χ0) is 28.5. The number of alkyl halides is 1. The van der Waals surface area contributed by atoms with E-state index < -0.39 is 38.1 Å². The predicted octanol–water partition coefficient (Wildman–Crippen LogP) is 5.69. The molecule has 4 aliphatic rings. The molecule has 7 nitrogen and oxygen atoms in total. The highest BCUT2D eigenvalue weighted by atomic mass is 32.2. The van der Waals surface area contributed by atoms with Gasteiger partial charge in [-0.2, -0.15) is 0 Å². The quantitative estimate of drug-likeness (QED) is 0.284. The minimum atomic E-state index is -3.46. The van der Waals surface area contributed by atoms with E-state index >= 15 is 8.78 Å². The van der Waals surface area contributed by atoms with Crippen LogP contribution < -0.4 is 4.90 Å². The Morgan fingerprint density at radius 1 is 1.17 bits per heavy atom. The molecule has 3 aromatic rings. The van der Waals surface area contributed by atoms with E-state index in [4.69, 9.17) is 9.26 Å². The number of ether oxygens (including phenoxy) is 1. The van der Waals surface area contributed by atoms with Crippen LogP contribution in [0.5, 0.6) is 0 Å². The molecule has 3 saturated carbocycles. The Morgan fingerprint density at radius 3 is 2.61 bits per heavy atom. The molecular formula is C31H32F2N2O5S. The summed E-state index contributed by atoms with van der Waals surface area (Å²) in [7, 11) is -3.46. The number of aryl methyl sites for hydroxylation is 1. The van der Waals surface area contributed by atoms with Crippen molar-refractivity contribution in [2.45, 2.75) is 75.1 Å². The minimum absolute atomic E-state index is 0.0602. The lowest BCUT2D eigenvalue weighted by Gasteiger charge is -2.33. The fraction of sp³-hybridized carbons (Fsp3) is 0.484. The van der Waals surface area contributed by atoms with Crippen LogP contribution in [0.1, 0.15) is 65.8 Å². The molecule has 10 heteroatoms. The van der Waals surface area contributed by atoms with Crippen molar-refractivity contribution in [2.24, 2.45) is 5.92 Å². The van der Waals surface area contributed by atoms with E-state index in [0.717, 1.165) is 23.6 Å². The molecule has 0 radical (unpaired) electrons. The normalized spacial score (nSPS) is 24.7. The van der Waals surface area contributed by atoms with Crippen LogP contribution in [0.15, 0.2) is 47.0 Å². The van der Waals surface area contributed by atoms with E-state index in [9.17, 15) is 13.2 Å². The molecule has 1 aromatic heterocycles. The smallest absolute Gasteiger partial charge is 0.180 e. The van der Waals surface area contributed by atoms with Gasteiger partial charge in [-0.1, -0.05) is 29.4 Å². The van der Waals surface area contributed by atoms with Crippen molar-refractivity contribution in [3.8, 4) is 11.3 Å². The van der Waals surface area contributed by atoms with Crippen LogP contribution >= 0.6 is 0 Å². The van der Waals surface area contributed by atoms with Crippen LogP contribution in [-0.4, -0.2) is 49.1 Å². The average molecular weight is 583 g/mol. The topological polar surface area (TPSA) is 89.7 Å². The molecule has 4 fully saturated rings. The molecule has 0 spiro atoms. The molecule has 2 bridgehead atoms. The van der Waals surface area contributed by atoms with Crippen molar-refractivity contribution < 1.29 is 31.3 Å². The summed E-state index contributed by atoms with van der Waals surface area (Å²) in [6.07, 6.45) is 3.50. The standard InChI is InChI=1S/C31H32F2N2O5S/c1-18-4-2-3-5-23(18)29-24(30(40-34-29)31(33)10-11-31)16-39-28-14-21-12-20(28)15-35(21)26-9-6-19(13-25(26)32)27(36)17-41(37,38)22-7-8-22/h2-6,9,13,20-22,28H,7-8,10-12,14-17H2,1H3/t20-,21-,28+/m0/s1. The summed E-state index contributed by atoms with van der Waals surface area (Å²) in [4.78, 5) is 14.5. The average Bonchev–Trinajstić information content (AvgIpc) is 3.81. The summed E-state index contributed by atoms with van der Waals surface area (Å²) < 4.78 is 66.7. The van der Waals surface area contributed by atoms with Crippen molar-refractivity contribution >= 4 is 21.3 Å². The second-order valence-electron chi connectivity index (χ2n) is 12.1. The molecule has 7 rings (SSSR count). The number of carbonyl (C=O) groups is 1. The summed E-state index contributed by atoms with van der Waals surface area (Å²) in [5.74, 6) is -1.23. The monoisotopic (exact) mass is 582 g/mol. The molecule has 3 aliphatic carbocycles. The van der Waals surface area contributed by atoms with Gasteiger partial charge in [0.25, 0.3) is 0 Å². The van der Waals surface area contributed by atoms with Gasteiger partial charge in [-0.3, -0.25) is 4.79 Å². The van der Waals surface area contributed by atoms with E-state index in [0.29, 0.717) is 55.6 Å². The number of piperidine rings is 1. The Morgan fingerprint density at radius 2 is 1.95 bits per heavy atom. The SMILES string of the molecule is Cc1ccccc1-c1noc(C2(F)CC2)c1CO[C@@H]1C[C@@H]2C[C@H]1CN2c1ccc(C(=O)CS(=O)(=O)C2CC2)cc1F. The predicted molar refractivity (Wildman–Crippen MR) is 149 cm³/mol. The second-order valence-corrected chi connectivity index (χ2v) is 14.4. The molecular weight excluding hydrogens is 550 g/mol. The summed E-state index contributed by atoms with van der Waals surface area (Å²) >= 11 is 0. The van der Waals surface area contributed by atoms with Crippen molar-refractivity contribution in [1.29, 1.82) is 0 Å². The Balaban J connectivity index is 1.03. The molecule has 41 heavy (non-hydrogen) atoms. The Bertz CT molecular complexity index is 1630. The lowest BCUT2D eigenvalue weighted by molar-refractivity contribution is 0.0113. The molecule has 2 aromatic carbocycles. The highest BCUT2D eigenvalue weighted by Gasteiger charge is 2.51. The molecule has 0 amide bonds. The van der Waals surface area contributed by atoms with Crippen molar-refractivity contribution in [3.05, 3.63) is 70.7 Å². The number of sulfone groups is 1. The number of carbonyl (C=O) groups excluding carboxylic acids is 1. The van der Waals surface area contributed by atoms with Crippen LogP contribution in [0.3, 0.4) is 0 Å². The number of halogens is 2. The molecule has 0 unspecified atom stereocenters. The maximum atomic E-state index is 15.2. The van der Waals surface area contributed by atoms with Crippen LogP contribution in [0.2, 0.25) is 0 Å². The van der Waals surface area contributed by atoms with Gasteiger partial charge in [0.1, 0.15) is 17.3 Å². The number of rotatable bonds is 10. The number of aromatic nitrogens is 1. The Labute approximate surface area is 237 Å². The highest BCUT2D eigenvalue weighted by molar-refractivity contribution is 7.93. The second kappa shape index (κ2) is 9.73. The zero-order valence-electron chi connectivity index (χ0n) is 22.8. The summed E-state index contributed by atoms with van der Waals surface area (Å²) in [5, 5.41) is 3.83. The Kier molecular flexibility index (Phi) is 6.35. The first kappa shape index (κ1) is 26.8. The van der Waals surface area contributed by atoms with E-state index in [1.807, 2.05) is 36.1 Å². The summed E-state index contributed by atoms with van der Waals surface area (Å²) in [6.45, 7) is 2.78. The zero-order valence-corrected chi connectivity index (χ0v) is 23.6. The molecule has 1 aliphatic heterocycles. The molecule has 2 heterocycles. The number of anilines is 1. The third-order valence-corrected chi connectivity index (χ3v) is 11.3. The van der Waals surface area contributed by atoms with Gasteiger partial charge < -0.3 is 14.2 Å². The number of fused-ring (bicyclic) bond motifs is 2. The summed E-state index contributed by atoms with van der Waals surface area (Å²) in [5.41, 5.74) is 2.21. The number of hydrogen-bond acceptors (Lipinski definition) is 7. The fourth-order valence-corrected chi connectivity index (χ4v) is 8.12. The van der Waals surface area contributed by atoms with Gasteiger partial charge in [0.2, 0.25) is 0 Å².